The third kappa shape index (κ3) is 3.68. The summed E-state index contributed by atoms with van der Waals surface area (Å²) in [5.41, 5.74) is 0. The first-order valence-corrected chi connectivity index (χ1v) is 5.24. The predicted molar refractivity (Wildman–Crippen MR) is 56.6 cm³/mol. The van der Waals surface area contributed by atoms with E-state index in [1.54, 1.807) is 6.92 Å². The Balaban J connectivity index is 2.48. The van der Waals surface area contributed by atoms with Crippen LogP contribution < -0.4 is 5.32 Å². The van der Waals surface area contributed by atoms with Crippen LogP contribution in [0.25, 0.3) is 0 Å². The fourth-order valence-electron chi connectivity index (χ4n) is 2.05. The number of aliphatic hydroxyl groups excluding tert-OH is 1. The average Bonchev–Trinajstić information content (AvgIpc) is 2.16. The topological polar surface area (TPSA) is 61.8 Å². The molecule has 0 radical (unpaired) electrons. The van der Waals surface area contributed by atoms with Crippen LogP contribution >= 0.6 is 0 Å². The van der Waals surface area contributed by atoms with Crippen LogP contribution in [0.15, 0.2) is 0 Å². The highest BCUT2D eigenvalue weighted by molar-refractivity contribution is 5.67. The van der Waals surface area contributed by atoms with E-state index in [0.29, 0.717) is 0 Å². The quantitative estimate of drug-likeness (QED) is 0.684. The summed E-state index contributed by atoms with van der Waals surface area (Å²) < 4.78 is 4.55. The molecule has 15 heavy (non-hydrogen) atoms. The second-order valence-electron chi connectivity index (χ2n) is 4.29. The number of hydrogen-bond donors (Lipinski definition) is 2. The van der Waals surface area contributed by atoms with Gasteiger partial charge in [0.2, 0.25) is 0 Å². The molecule has 0 aromatic carbocycles. The molecule has 1 fully saturated rings. The van der Waals surface area contributed by atoms with E-state index >= 15 is 0 Å². The minimum absolute atomic E-state index is 0.0656. The van der Waals surface area contributed by atoms with Gasteiger partial charge in [-0.2, -0.15) is 0 Å². The monoisotopic (exact) mass is 216 g/mol. The standard InChI is InChI=1S/C10H20N2O3/c1-7(13)8-4-9(6-12(2)5-8)11-10(14)15-3/h7-9,13H,4-6H2,1-3H3,(H,11,14). The maximum atomic E-state index is 11.0. The fourth-order valence-corrected chi connectivity index (χ4v) is 2.05. The number of carbonyl (C=O) groups excluding carboxylic acids is 1. The fraction of sp³-hybridized carbons (Fsp3) is 0.900. The van der Waals surface area contributed by atoms with Gasteiger partial charge >= 0.3 is 6.09 Å². The lowest BCUT2D eigenvalue weighted by Gasteiger charge is -2.36. The normalized spacial score (nSPS) is 29.6. The maximum absolute atomic E-state index is 11.0. The third-order valence-corrected chi connectivity index (χ3v) is 2.86. The van der Waals surface area contributed by atoms with Crippen LogP contribution in [-0.2, 0) is 4.74 Å². The summed E-state index contributed by atoms with van der Waals surface area (Å²) >= 11 is 0. The Kier molecular flexibility index (Phi) is 4.35. The Labute approximate surface area is 90.4 Å². The summed E-state index contributed by atoms with van der Waals surface area (Å²) in [6.45, 7) is 3.47. The molecule has 0 saturated carbocycles. The zero-order valence-corrected chi connectivity index (χ0v) is 9.56. The molecule has 3 atom stereocenters. The number of amides is 1. The Hall–Kier alpha value is -0.810. The van der Waals surface area contributed by atoms with E-state index in [-0.39, 0.29) is 18.1 Å². The first-order chi connectivity index (χ1) is 7.02. The molecule has 1 saturated heterocycles. The molecule has 5 nitrogen and oxygen atoms in total. The predicted octanol–water partition coefficient (Wildman–Crippen LogP) is 0.0435. The van der Waals surface area contributed by atoms with Crippen molar-refractivity contribution in [3.05, 3.63) is 0 Å². The Morgan fingerprint density at radius 1 is 1.60 bits per heavy atom. The van der Waals surface area contributed by atoms with E-state index in [4.69, 9.17) is 0 Å². The van der Waals surface area contributed by atoms with Gasteiger partial charge in [0.05, 0.1) is 13.2 Å². The first-order valence-electron chi connectivity index (χ1n) is 5.24. The van der Waals surface area contributed by atoms with Crippen LogP contribution in [0, 0.1) is 5.92 Å². The number of ether oxygens (including phenoxy) is 1. The van der Waals surface area contributed by atoms with Crippen molar-refractivity contribution in [3.63, 3.8) is 0 Å². The molecule has 0 aliphatic carbocycles. The molecule has 1 amide bonds. The Morgan fingerprint density at radius 2 is 2.27 bits per heavy atom. The first kappa shape index (κ1) is 12.3. The van der Waals surface area contributed by atoms with Gasteiger partial charge in [-0.1, -0.05) is 0 Å². The molecule has 5 heteroatoms. The van der Waals surface area contributed by atoms with Crippen molar-refractivity contribution in [2.75, 3.05) is 27.2 Å². The lowest BCUT2D eigenvalue weighted by molar-refractivity contribution is 0.0572. The van der Waals surface area contributed by atoms with Gasteiger partial charge in [0, 0.05) is 19.1 Å². The van der Waals surface area contributed by atoms with E-state index in [2.05, 4.69) is 15.0 Å². The van der Waals surface area contributed by atoms with Gasteiger partial charge < -0.3 is 20.1 Å². The number of nitrogens with zero attached hydrogens (tertiary/aromatic N) is 1. The summed E-state index contributed by atoms with van der Waals surface area (Å²) in [6, 6.07) is 0.0656. The third-order valence-electron chi connectivity index (χ3n) is 2.86. The lowest BCUT2D eigenvalue weighted by atomic mass is 9.90. The molecule has 0 bridgehead atoms. The van der Waals surface area contributed by atoms with Crippen LogP contribution in [0.5, 0.6) is 0 Å². The average molecular weight is 216 g/mol. The van der Waals surface area contributed by atoms with E-state index in [0.717, 1.165) is 19.5 Å². The zero-order valence-electron chi connectivity index (χ0n) is 9.56. The van der Waals surface area contributed by atoms with Crippen LogP contribution in [0.1, 0.15) is 13.3 Å². The molecule has 1 heterocycles. The number of likely N-dealkylation sites (tertiary alicyclic amines) is 1. The number of likely N-dealkylation sites (N-methyl/N-ethyl adjacent to an activating group) is 1. The molecule has 0 aromatic rings. The molecule has 2 N–H and O–H groups in total. The number of hydrogen-bond acceptors (Lipinski definition) is 4. The largest absolute Gasteiger partial charge is 0.453 e. The highest BCUT2D eigenvalue weighted by Crippen LogP contribution is 2.19. The molecular formula is C10H20N2O3. The summed E-state index contributed by atoms with van der Waals surface area (Å²) in [7, 11) is 3.34. The molecule has 0 aromatic heterocycles. The van der Waals surface area contributed by atoms with Crippen molar-refractivity contribution < 1.29 is 14.6 Å². The summed E-state index contributed by atoms with van der Waals surface area (Å²) in [4.78, 5) is 13.2. The smallest absolute Gasteiger partial charge is 0.407 e. The number of rotatable bonds is 2. The van der Waals surface area contributed by atoms with Crippen LogP contribution in [0.4, 0.5) is 4.79 Å². The van der Waals surface area contributed by atoms with Crippen molar-refractivity contribution in [2.24, 2.45) is 5.92 Å². The summed E-state index contributed by atoms with van der Waals surface area (Å²) in [5.74, 6) is 0.214. The van der Waals surface area contributed by atoms with Gasteiger partial charge in [-0.25, -0.2) is 4.79 Å². The van der Waals surface area contributed by atoms with Gasteiger partial charge in [0.15, 0.2) is 0 Å². The van der Waals surface area contributed by atoms with Gasteiger partial charge in [-0.05, 0) is 26.3 Å². The lowest BCUT2D eigenvalue weighted by Crippen LogP contribution is -2.51. The number of aliphatic hydroxyl groups is 1. The Bertz CT molecular complexity index is 221. The summed E-state index contributed by atoms with van der Waals surface area (Å²) in [5, 5.41) is 12.3. The number of methoxy groups -OCH3 is 1. The minimum Gasteiger partial charge on any atom is -0.453 e. The highest BCUT2D eigenvalue weighted by Gasteiger charge is 2.29. The van der Waals surface area contributed by atoms with Crippen LogP contribution in [0.3, 0.4) is 0 Å². The van der Waals surface area contributed by atoms with Crippen LogP contribution in [0.2, 0.25) is 0 Å². The maximum Gasteiger partial charge on any atom is 0.407 e. The van der Waals surface area contributed by atoms with Gasteiger partial charge in [-0.3, -0.25) is 0 Å². The number of piperidine rings is 1. The van der Waals surface area contributed by atoms with E-state index in [9.17, 15) is 9.90 Å². The molecule has 0 spiro atoms. The van der Waals surface area contributed by atoms with Gasteiger partial charge in [0.1, 0.15) is 0 Å². The minimum atomic E-state index is -0.403. The van der Waals surface area contributed by atoms with Crippen molar-refractivity contribution in [1.29, 1.82) is 0 Å². The zero-order chi connectivity index (χ0) is 11.4. The second-order valence-corrected chi connectivity index (χ2v) is 4.29. The van der Waals surface area contributed by atoms with E-state index in [1.807, 2.05) is 7.05 Å². The molecule has 1 rings (SSSR count). The second kappa shape index (κ2) is 5.32. The molecule has 1 aliphatic rings. The van der Waals surface area contributed by atoms with Crippen LogP contribution in [-0.4, -0.2) is 55.5 Å². The molecular weight excluding hydrogens is 196 g/mol. The molecule has 1 aliphatic heterocycles. The molecule has 88 valence electrons. The SMILES string of the molecule is COC(=O)NC1CC(C(C)O)CN(C)C1. The highest BCUT2D eigenvalue weighted by atomic mass is 16.5. The number of nitrogens with one attached hydrogen (secondary N) is 1. The summed E-state index contributed by atoms with van der Waals surface area (Å²) in [6.07, 6.45) is 0.0613. The van der Waals surface area contributed by atoms with Crippen molar-refractivity contribution in [1.82, 2.24) is 10.2 Å². The number of carbonyl (C=O) groups is 1. The van der Waals surface area contributed by atoms with Crippen molar-refractivity contribution >= 4 is 6.09 Å². The Morgan fingerprint density at radius 3 is 2.80 bits per heavy atom. The van der Waals surface area contributed by atoms with Gasteiger partial charge in [-0.15, -0.1) is 0 Å². The van der Waals surface area contributed by atoms with Crippen molar-refractivity contribution in [3.8, 4) is 0 Å². The van der Waals surface area contributed by atoms with E-state index in [1.165, 1.54) is 7.11 Å². The molecule has 3 unspecified atom stereocenters. The van der Waals surface area contributed by atoms with E-state index < -0.39 is 6.09 Å². The van der Waals surface area contributed by atoms with Gasteiger partial charge in [0.25, 0.3) is 0 Å². The number of alkyl carbamates (subject to hydrolysis) is 1. The van der Waals surface area contributed by atoms with Crippen molar-refractivity contribution in [2.45, 2.75) is 25.5 Å².